The summed E-state index contributed by atoms with van der Waals surface area (Å²) in [6.07, 6.45) is -0.443. The molecule has 3 atom stereocenters. The van der Waals surface area contributed by atoms with Crippen LogP contribution in [0.5, 0.6) is 0 Å². The van der Waals surface area contributed by atoms with Crippen molar-refractivity contribution in [1.29, 1.82) is 0 Å². The Kier molecular flexibility index (Phi) is 6.38. The maximum Gasteiger partial charge on any atom is 0.446 e. The number of piperidine rings is 1. The van der Waals surface area contributed by atoms with Crippen molar-refractivity contribution in [3.63, 3.8) is 0 Å². The number of urea groups is 1. The molecule has 3 amide bonds. The Labute approximate surface area is 226 Å². The molecule has 1 aliphatic carbocycles. The summed E-state index contributed by atoms with van der Waals surface area (Å²) in [6.45, 7) is 0.259. The zero-order valence-corrected chi connectivity index (χ0v) is 21.7. The van der Waals surface area contributed by atoms with E-state index in [4.69, 9.17) is 4.52 Å². The van der Waals surface area contributed by atoms with Crippen LogP contribution in [0.4, 0.5) is 28.0 Å². The summed E-state index contributed by atoms with van der Waals surface area (Å²) in [5, 5.41) is 22.5. The molecule has 39 heavy (non-hydrogen) atoms. The molecule has 3 aromatic rings. The molecule has 1 aromatic carbocycles. The second-order valence-corrected chi connectivity index (χ2v) is 11.8. The molecule has 10 nitrogen and oxygen atoms in total. The average Bonchev–Trinajstić information content (AvgIpc) is 3.22. The number of carbonyl (C=O) groups excluding carboxylic acids is 2. The maximum atomic E-state index is 15.1. The van der Waals surface area contributed by atoms with E-state index in [1.54, 1.807) is 18.2 Å². The van der Waals surface area contributed by atoms with E-state index >= 15 is 4.39 Å². The number of nitrogens with one attached hydrogen (secondary N) is 3. The molecule has 3 fully saturated rings. The second kappa shape index (κ2) is 9.52. The van der Waals surface area contributed by atoms with Gasteiger partial charge in [-0.2, -0.15) is 18.2 Å². The molecule has 16 heteroatoms. The van der Waals surface area contributed by atoms with Crippen molar-refractivity contribution in [2.45, 2.75) is 53.5 Å². The molecular weight excluding hydrogens is 564 g/mol. The Morgan fingerprint density at radius 3 is 2.79 bits per heavy atom. The number of thioether (sulfide) groups is 1. The molecule has 0 spiro atoms. The van der Waals surface area contributed by atoms with Crippen molar-refractivity contribution in [3.05, 3.63) is 24.1 Å². The number of nitrogens with zero attached hydrogens (tertiary/aromatic N) is 3. The SMILES string of the molecule is O=C1NC[C@H](c2nc(-c3sc4c(N[C@@H]5CCN(C(=O)C6(O)CC6)C[C@@H]5F)cccc4c3SC(F)(F)F)no2)N1. The number of fused-ring (bicyclic) bond motifs is 1. The molecule has 2 saturated heterocycles. The van der Waals surface area contributed by atoms with Gasteiger partial charge in [0.1, 0.15) is 17.8 Å². The van der Waals surface area contributed by atoms with Gasteiger partial charge in [0.15, 0.2) is 0 Å². The topological polar surface area (TPSA) is 133 Å². The van der Waals surface area contributed by atoms with Crippen molar-refractivity contribution < 1.29 is 36.8 Å². The Morgan fingerprint density at radius 2 is 2.13 bits per heavy atom. The number of hydrogen-bond donors (Lipinski definition) is 4. The summed E-state index contributed by atoms with van der Waals surface area (Å²) in [4.78, 5) is 29.5. The number of halogens is 4. The van der Waals surface area contributed by atoms with E-state index in [1.807, 2.05) is 0 Å². The molecule has 4 heterocycles. The lowest BCUT2D eigenvalue weighted by Gasteiger charge is -2.36. The van der Waals surface area contributed by atoms with Gasteiger partial charge in [0.2, 0.25) is 5.82 Å². The Morgan fingerprint density at radius 1 is 1.33 bits per heavy atom. The zero-order chi connectivity index (χ0) is 27.5. The highest BCUT2D eigenvalue weighted by molar-refractivity contribution is 8.00. The van der Waals surface area contributed by atoms with E-state index in [1.165, 1.54) is 4.90 Å². The van der Waals surface area contributed by atoms with E-state index in [9.17, 15) is 27.9 Å². The first kappa shape index (κ1) is 26.1. The molecule has 6 rings (SSSR count). The largest absolute Gasteiger partial charge is 0.446 e. The van der Waals surface area contributed by atoms with Crippen LogP contribution in [0.25, 0.3) is 20.8 Å². The second-order valence-electron chi connectivity index (χ2n) is 9.69. The molecule has 2 aliphatic heterocycles. The van der Waals surface area contributed by atoms with Gasteiger partial charge < -0.3 is 30.5 Å². The third-order valence-electron chi connectivity index (χ3n) is 6.89. The highest BCUT2D eigenvalue weighted by Crippen LogP contribution is 2.51. The Balaban J connectivity index is 1.29. The normalized spacial score (nSPS) is 24.5. The van der Waals surface area contributed by atoms with E-state index in [0.29, 0.717) is 28.6 Å². The Hall–Kier alpha value is -3.11. The van der Waals surface area contributed by atoms with Crippen LogP contribution in [-0.4, -0.2) is 75.0 Å². The van der Waals surface area contributed by atoms with Crippen LogP contribution in [0.1, 0.15) is 31.2 Å². The highest BCUT2D eigenvalue weighted by Gasteiger charge is 2.51. The summed E-state index contributed by atoms with van der Waals surface area (Å²) >= 11 is 0.721. The lowest BCUT2D eigenvalue weighted by Crippen LogP contribution is -2.52. The number of likely N-dealkylation sites (tertiary alicyclic amines) is 1. The highest BCUT2D eigenvalue weighted by atomic mass is 32.2. The van der Waals surface area contributed by atoms with Gasteiger partial charge in [-0.15, -0.1) is 11.3 Å². The number of anilines is 1. The monoisotopic (exact) mass is 586 g/mol. The first-order chi connectivity index (χ1) is 18.5. The number of alkyl halides is 4. The third kappa shape index (κ3) is 5.12. The van der Waals surface area contributed by atoms with Crippen molar-refractivity contribution in [2.75, 3.05) is 25.0 Å². The molecule has 3 aliphatic rings. The van der Waals surface area contributed by atoms with Crippen LogP contribution in [0, 0.1) is 0 Å². The van der Waals surface area contributed by atoms with Crippen LogP contribution in [0.3, 0.4) is 0 Å². The summed E-state index contributed by atoms with van der Waals surface area (Å²) < 4.78 is 61.6. The van der Waals surface area contributed by atoms with Crippen LogP contribution >= 0.6 is 23.1 Å². The van der Waals surface area contributed by atoms with Gasteiger partial charge in [-0.3, -0.25) is 4.79 Å². The predicted molar refractivity (Wildman–Crippen MR) is 134 cm³/mol. The fraction of sp³-hybridized carbons (Fsp3) is 0.478. The van der Waals surface area contributed by atoms with Crippen LogP contribution in [0.2, 0.25) is 0 Å². The summed E-state index contributed by atoms with van der Waals surface area (Å²) in [5.41, 5.74) is -5.53. The molecule has 0 radical (unpaired) electrons. The quantitative estimate of drug-likeness (QED) is 0.253. The van der Waals surface area contributed by atoms with Gasteiger partial charge in [-0.25, -0.2) is 9.18 Å². The predicted octanol–water partition coefficient (Wildman–Crippen LogP) is 3.79. The Bertz CT molecular complexity index is 1440. The number of thiophene rings is 1. The molecule has 0 bridgehead atoms. The van der Waals surface area contributed by atoms with Crippen LogP contribution in [-0.2, 0) is 4.79 Å². The number of amides is 3. The maximum absolute atomic E-state index is 15.1. The van der Waals surface area contributed by atoms with Crippen LogP contribution in [0.15, 0.2) is 27.6 Å². The lowest BCUT2D eigenvalue weighted by molar-refractivity contribution is -0.144. The first-order valence-corrected chi connectivity index (χ1v) is 13.8. The number of hydrogen-bond acceptors (Lipinski definition) is 9. The minimum atomic E-state index is -4.60. The van der Waals surface area contributed by atoms with Crippen molar-refractivity contribution in [3.8, 4) is 10.7 Å². The van der Waals surface area contributed by atoms with E-state index < -0.39 is 41.3 Å². The van der Waals surface area contributed by atoms with E-state index in [-0.39, 0.29) is 59.3 Å². The number of benzene rings is 1. The van der Waals surface area contributed by atoms with Gasteiger partial charge in [0.05, 0.1) is 27.9 Å². The average molecular weight is 587 g/mol. The minimum Gasteiger partial charge on any atom is -0.380 e. The van der Waals surface area contributed by atoms with E-state index in [2.05, 4.69) is 26.1 Å². The fourth-order valence-corrected chi connectivity index (χ4v) is 6.83. The minimum absolute atomic E-state index is 0.0551. The summed E-state index contributed by atoms with van der Waals surface area (Å²) in [5.74, 6) is -0.465. The number of rotatable bonds is 6. The third-order valence-corrected chi connectivity index (χ3v) is 9.12. The summed E-state index contributed by atoms with van der Waals surface area (Å²) in [7, 11) is 0. The molecule has 208 valence electrons. The van der Waals surface area contributed by atoms with Gasteiger partial charge in [-0.05, 0) is 37.1 Å². The van der Waals surface area contributed by atoms with Gasteiger partial charge >= 0.3 is 11.5 Å². The van der Waals surface area contributed by atoms with Gasteiger partial charge in [0.25, 0.3) is 11.8 Å². The van der Waals surface area contributed by atoms with Crippen molar-refractivity contribution >= 4 is 50.8 Å². The molecule has 4 N–H and O–H groups in total. The fourth-order valence-electron chi connectivity index (χ4n) is 4.73. The molecule has 1 saturated carbocycles. The van der Waals surface area contributed by atoms with Gasteiger partial charge in [-0.1, -0.05) is 17.3 Å². The van der Waals surface area contributed by atoms with Crippen molar-refractivity contribution in [1.82, 2.24) is 25.7 Å². The number of aromatic nitrogens is 2. The number of carbonyl (C=O) groups is 2. The van der Waals surface area contributed by atoms with Crippen LogP contribution < -0.4 is 16.0 Å². The zero-order valence-electron chi connectivity index (χ0n) is 20.0. The standard InChI is InChI=1S/C23H22F4N6O4S2/c24-11-9-33(20(34)22(36)5-6-22)7-4-12(11)29-13-3-1-2-10-15(13)38-17(16(10)39-23(25,26)27)18-31-19(37-32-18)14-8-28-21(35)30-14/h1-3,11-12,14,29,36H,4-9H2,(H2,28,30,35)/t11-,12+,14+/m0/s1. The summed E-state index contributed by atoms with van der Waals surface area (Å²) in [6, 6.07) is 3.06. The lowest BCUT2D eigenvalue weighted by atomic mass is 10.0. The molecular formula is C23H22F4N6O4S2. The first-order valence-electron chi connectivity index (χ1n) is 12.1. The molecule has 2 aromatic heterocycles. The van der Waals surface area contributed by atoms with Crippen molar-refractivity contribution in [2.24, 2.45) is 0 Å². The van der Waals surface area contributed by atoms with Gasteiger partial charge in [0, 0.05) is 23.4 Å². The van der Waals surface area contributed by atoms with E-state index in [0.717, 1.165) is 11.3 Å². The number of aliphatic hydroxyl groups is 1. The molecule has 0 unspecified atom stereocenters. The smallest absolute Gasteiger partial charge is 0.380 e.